The van der Waals surface area contributed by atoms with Crippen LogP contribution in [0.4, 0.5) is 0 Å². The molecule has 2 heteroatoms. The van der Waals surface area contributed by atoms with Gasteiger partial charge in [-0.15, -0.1) is 6.58 Å². The van der Waals surface area contributed by atoms with Crippen LogP contribution in [0.5, 0.6) is 0 Å². The fourth-order valence-electron chi connectivity index (χ4n) is 2.12. The summed E-state index contributed by atoms with van der Waals surface area (Å²) in [5.41, 5.74) is -0.784. The topological polar surface area (TPSA) is 32.8 Å². The van der Waals surface area contributed by atoms with E-state index < -0.39 is 5.60 Å². The van der Waals surface area contributed by atoms with Gasteiger partial charge >= 0.3 is 0 Å². The van der Waals surface area contributed by atoms with Gasteiger partial charge in [0.05, 0.1) is 5.60 Å². The normalized spacial score (nSPS) is 54.9. The first-order valence-corrected chi connectivity index (χ1v) is 4.14. The van der Waals surface area contributed by atoms with Crippen LogP contribution in [0.1, 0.15) is 26.2 Å². The molecule has 0 amide bonds. The van der Waals surface area contributed by atoms with E-state index in [-0.39, 0.29) is 11.7 Å². The van der Waals surface area contributed by atoms with E-state index in [0.29, 0.717) is 0 Å². The minimum atomic E-state index is -0.743. The third-order valence-electron chi connectivity index (χ3n) is 2.94. The lowest BCUT2D eigenvalue weighted by Gasteiger charge is -2.27. The molecule has 0 aromatic heterocycles. The zero-order valence-electron chi connectivity index (χ0n) is 6.84. The van der Waals surface area contributed by atoms with Crippen LogP contribution >= 0.6 is 0 Å². The first-order chi connectivity index (χ1) is 5.11. The van der Waals surface area contributed by atoms with Gasteiger partial charge in [0.25, 0.3) is 0 Å². The van der Waals surface area contributed by atoms with E-state index in [1.165, 1.54) is 0 Å². The first-order valence-electron chi connectivity index (χ1n) is 4.14. The fraction of sp³-hybridized carbons (Fsp3) is 0.778. The average Bonchev–Trinajstić information content (AvgIpc) is 2.64. The van der Waals surface area contributed by atoms with Gasteiger partial charge in [0.1, 0.15) is 11.7 Å². The zero-order chi connectivity index (χ0) is 8.11. The molecule has 1 saturated heterocycles. The van der Waals surface area contributed by atoms with Gasteiger partial charge in [-0.25, -0.2) is 0 Å². The molecule has 1 heterocycles. The molecular weight excluding hydrogens is 140 g/mol. The van der Waals surface area contributed by atoms with Gasteiger partial charge in [0, 0.05) is 0 Å². The summed E-state index contributed by atoms with van der Waals surface area (Å²) in [5.74, 6) is 0. The summed E-state index contributed by atoms with van der Waals surface area (Å²) >= 11 is 0. The van der Waals surface area contributed by atoms with Crippen LogP contribution in [0.15, 0.2) is 12.7 Å². The van der Waals surface area contributed by atoms with E-state index in [1.807, 2.05) is 0 Å². The lowest BCUT2D eigenvalue weighted by atomic mass is 9.79. The average molecular weight is 154 g/mol. The third kappa shape index (κ3) is 0.861. The van der Waals surface area contributed by atoms with Crippen LogP contribution in [-0.4, -0.2) is 22.4 Å². The van der Waals surface area contributed by atoms with Crippen molar-refractivity contribution < 1.29 is 9.84 Å². The quantitative estimate of drug-likeness (QED) is 0.455. The van der Waals surface area contributed by atoms with Crippen molar-refractivity contribution in [3.63, 3.8) is 0 Å². The molecule has 1 saturated carbocycles. The Morgan fingerprint density at radius 2 is 2.36 bits per heavy atom. The molecule has 2 fully saturated rings. The Kier molecular flexibility index (Phi) is 1.25. The maximum absolute atomic E-state index is 9.91. The summed E-state index contributed by atoms with van der Waals surface area (Å²) in [6.45, 7) is 5.70. The summed E-state index contributed by atoms with van der Waals surface area (Å²) < 4.78 is 5.45. The van der Waals surface area contributed by atoms with Gasteiger partial charge in [-0.2, -0.15) is 0 Å². The van der Waals surface area contributed by atoms with Crippen LogP contribution in [0.3, 0.4) is 0 Å². The van der Waals surface area contributed by atoms with Crippen molar-refractivity contribution in [1.82, 2.24) is 0 Å². The second kappa shape index (κ2) is 1.87. The van der Waals surface area contributed by atoms with Crippen LogP contribution in [-0.2, 0) is 4.74 Å². The molecule has 0 aromatic rings. The van der Waals surface area contributed by atoms with E-state index >= 15 is 0 Å². The summed E-state index contributed by atoms with van der Waals surface area (Å²) in [4.78, 5) is 0. The summed E-state index contributed by atoms with van der Waals surface area (Å²) in [6, 6.07) is 0. The number of hydrogen-bond donors (Lipinski definition) is 1. The number of epoxide rings is 1. The molecule has 0 radical (unpaired) electrons. The molecule has 11 heavy (non-hydrogen) atoms. The highest BCUT2D eigenvalue weighted by molar-refractivity contribution is 5.19. The van der Waals surface area contributed by atoms with Crippen LogP contribution in [0.2, 0.25) is 0 Å². The van der Waals surface area contributed by atoms with Crippen molar-refractivity contribution in [3.05, 3.63) is 12.7 Å². The van der Waals surface area contributed by atoms with Crippen molar-refractivity contribution in [2.45, 2.75) is 43.5 Å². The van der Waals surface area contributed by atoms with Crippen molar-refractivity contribution in [3.8, 4) is 0 Å². The number of aliphatic hydroxyl groups is 1. The Morgan fingerprint density at radius 1 is 1.64 bits per heavy atom. The van der Waals surface area contributed by atoms with Crippen LogP contribution in [0, 0.1) is 0 Å². The smallest absolute Gasteiger partial charge is 0.119 e. The minimum absolute atomic E-state index is 0.0150. The van der Waals surface area contributed by atoms with E-state index in [1.54, 1.807) is 6.08 Å². The van der Waals surface area contributed by atoms with E-state index in [2.05, 4.69) is 13.5 Å². The van der Waals surface area contributed by atoms with Gasteiger partial charge in [0.2, 0.25) is 0 Å². The summed E-state index contributed by atoms with van der Waals surface area (Å²) in [7, 11) is 0. The van der Waals surface area contributed by atoms with Crippen LogP contribution < -0.4 is 0 Å². The fourth-order valence-corrected chi connectivity index (χ4v) is 2.12. The lowest BCUT2D eigenvalue weighted by Crippen LogP contribution is -2.39. The predicted molar refractivity (Wildman–Crippen MR) is 42.3 cm³/mol. The maximum atomic E-state index is 9.91. The summed E-state index contributed by atoms with van der Waals surface area (Å²) in [5, 5.41) is 9.91. The van der Waals surface area contributed by atoms with Crippen molar-refractivity contribution >= 4 is 0 Å². The molecule has 2 aliphatic rings. The Morgan fingerprint density at radius 3 is 2.91 bits per heavy atom. The van der Waals surface area contributed by atoms with Crippen LogP contribution in [0.25, 0.3) is 0 Å². The van der Waals surface area contributed by atoms with E-state index in [9.17, 15) is 5.11 Å². The second-order valence-electron chi connectivity index (χ2n) is 3.86. The standard InChI is InChI=1S/C9H14O2/c1-3-9(10)6-4-5-8(2)7(9)11-8/h3,7,10H,1,4-6H2,2H3/t7-,8-,9+/m0/s1. The van der Waals surface area contributed by atoms with Gasteiger partial charge in [-0.05, 0) is 26.2 Å². The SMILES string of the molecule is C=C[C@@]1(O)CCC[C@]2(C)O[C@H]12. The van der Waals surface area contributed by atoms with Gasteiger partial charge in [-0.3, -0.25) is 0 Å². The van der Waals surface area contributed by atoms with E-state index in [4.69, 9.17) is 4.74 Å². The highest BCUT2D eigenvalue weighted by Gasteiger charge is 2.63. The summed E-state index contributed by atoms with van der Waals surface area (Å²) in [6.07, 6.45) is 4.56. The molecule has 62 valence electrons. The molecule has 1 aliphatic carbocycles. The number of ether oxygens (including phenoxy) is 1. The molecule has 0 bridgehead atoms. The third-order valence-corrected chi connectivity index (χ3v) is 2.94. The lowest BCUT2D eigenvalue weighted by molar-refractivity contribution is 0.0447. The predicted octanol–water partition coefficient (Wildman–Crippen LogP) is 1.24. The molecule has 3 atom stereocenters. The van der Waals surface area contributed by atoms with Crippen molar-refractivity contribution in [2.24, 2.45) is 0 Å². The Bertz CT molecular complexity index is 202. The molecule has 1 N–H and O–H groups in total. The highest BCUT2D eigenvalue weighted by atomic mass is 16.6. The largest absolute Gasteiger partial charge is 0.383 e. The highest BCUT2D eigenvalue weighted by Crippen LogP contribution is 2.52. The molecule has 1 aliphatic heterocycles. The van der Waals surface area contributed by atoms with Gasteiger partial charge in [0.15, 0.2) is 0 Å². The van der Waals surface area contributed by atoms with E-state index in [0.717, 1.165) is 19.3 Å². The first kappa shape index (κ1) is 7.32. The molecule has 0 unspecified atom stereocenters. The van der Waals surface area contributed by atoms with Crippen molar-refractivity contribution in [2.75, 3.05) is 0 Å². The van der Waals surface area contributed by atoms with Crippen molar-refractivity contribution in [1.29, 1.82) is 0 Å². The monoisotopic (exact) mass is 154 g/mol. The molecule has 0 aromatic carbocycles. The zero-order valence-corrected chi connectivity index (χ0v) is 6.84. The van der Waals surface area contributed by atoms with Gasteiger partial charge in [-0.1, -0.05) is 6.08 Å². The minimum Gasteiger partial charge on any atom is -0.383 e. The number of fused-ring (bicyclic) bond motifs is 1. The van der Waals surface area contributed by atoms with Gasteiger partial charge < -0.3 is 9.84 Å². The Labute approximate surface area is 66.9 Å². The Hall–Kier alpha value is -0.340. The molecule has 0 spiro atoms. The second-order valence-corrected chi connectivity index (χ2v) is 3.86. The molecule has 2 nitrogen and oxygen atoms in total. The Balaban J connectivity index is 2.20. The number of hydrogen-bond acceptors (Lipinski definition) is 2. The maximum Gasteiger partial charge on any atom is 0.119 e. The number of rotatable bonds is 1. The molecular formula is C9H14O2. The molecule has 2 rings (SSSR count).